The molecule has 2 aliphatic rings. The van der Waals surface area contributed by atoms with Crippen molar-refractivity contribution in [3.63, 3.8) is 0 Å². The van der Waals surface area contributed by atoms with E-state index in [0.717, 1.165) is 25.8 Å². The van der Waals surface area contributed by atoms with Crippen molar-refractivity contribution >= 4 is 23.7 Å². The Hall–Kier alpha value is -1.49. The van der Waals surface area contributed by atoms with Gasteiger partial charge in [0.15, 0.2) is 0 Å². The lowest BCUT2D eigenvalue weighted by Gasteiger charge is -2.24. The quantitative estimate of drug-likeness (QED) is 0.790. The van der Waals surface area contributed by atoms with E-state index in [-0.39, 0.29) is 11.9 Å². The van der Waals surface area contributed by atoms with Gasteiger partial charge in [0, 0.05) is 13.6 Å². The molecule has 2 heterocycles. The van der Waals surface area contributed by atoms with Crippen LogP contribution in [-0.2, 0) is 4.79 Å². The van der Waals surface area contributed by atoms with Gasteiger partial charge in [-0.05, 0) is 19.3 Å². The number of nitrogens with one attached hydrogen (secondary N) is 2. The first-order chi connectivity index (χ1) is 8.59. The number of likely N-dealkylation sites (N-methyl/N-ethyl adjacent to an activating group) is 1. The van der Waals surface area contributed by atoms with Crippen molar-refractivity contribution in [1.82, 2.24) is 15.6 Å². The molecule has 1 amide bonds. The monoisotopic (exact) mass is 268 g/mol. The van der Waals surface area contributed by atoms with Crippen molar-refractivity contribution < 1.29 is 4.79 Å². The number of carbonyl (C=O) groups is 1. The molecular weight excluding hydrogens is 252 g/mol. The molecule has 1 atom stereocenters. The second-order valence-corrected chi connectivity index (χ2v) is 4.80. The van der Waals surface area contributed by atoms with Crippen molar-refractivity contribution in [2.24, 2.45) is 5.10 Å². The van der Waals surface area contributed by atoms with E-state index in [0.29, 0.717) is 16.4 Å². The van der Waals surface area contributed by atoms with Crippen LogP contribution in [0, 0.1) is 0 Å². The summed E-state index contributed by atoms with van der Waals surface area (Å²) in [6.45, 7) is 4.58. The summed E-state index contributed by atoms with van der Waals surface area (Å²) in [5.74, 6) is 0.0161. The topological polar surface area (TPSA) is 56.7 Å². The molecule has 0 spiro atoms. The van der Waals surface area contributed by atoms with Crippen LogP contribution in [0.1, 0.15) is 19.3 Å². The lowest BCUT2D eigenvalue weighted by molar-refractivity contribution is -0.122. The third-order valence-corrected chi connectivity index (χ3v) is 3.53. The zero-order valence-electron chi connectivity index (χ0n) is 10.4. The maximum absolute atomic E-state index is 11.8. The van der Waals surface area contributed by atoms with Crippen molar-refractivity contribution in [3.8, 4) is 0 Å². The summed E-state index contributed by atoms with van der Waals surface area (Å²) in [6, 6.07) is -0.251. The lowest BCUT2D eigenvalue weighted by Crippen LogP contribution is -2.43. The molecule has 2 N–H and O–H groups in total. The van der Waals surface area contributed by atoms with E-state index in [1.54, 1.807) is 18.3 Å². The second-order valence-electron chi connectivity index (χ2n) is 4.43. The van der Waals surface area contributed by atoms with Crippen LogP contribution in [0.25, 0.3) is 0 Å². The predicted molar refractivity (Wildman–Crippen MR) is 72.1 cm³/mol. The molecular formula is C12H17ClN4O. The van der Waals surface area contributed by atoms with E-state index >= 15 is 0 Å². The van der Waals surface area contributed by atoms with E-state index in [4.69, 9.17) is 11.6 Å². The average molecular weight is 269 g/mol. The summed E-state index contributed by atoms with van der Waals surface area (Å²) in [5.41, 5.74) is 1.28. The van der Waals surface area contributed by atoms with Crippen molar-refractivity contribution in [2.45, 2.75) is 25.3 Å². The number of hydrazone groups is 1. The molecule has 0 radical (unpaired) electrons. The Balaban J connectivity index is 2.11. The Kier molecular flexibility index (Phi) is 3.91. The van der Waals surface area contributed by atoms with E-state index in [1.165, 1.54) is 0 Å². The van der Waals surface area contributed by atoms with Gasteiger partial charge in [0.1, 0.15) is 6.04 Å². The van der Waals surface area contributed by atoms with E-state index < -0.39 is 0 Å². The normalized spacial score (nSPS) is 25.0. The first kappa shape index (κ1) is 13.0. The molecule has 2 aliphatic heterocycles. The zero-order valence-corrected chi connectivity index (χ0v) is 11.1. The fourth-order valence-corrected chi connectivity index (χ4v) is 2.16. The largest absolute Gasteiger partial charge is 0.371 e. The van der Waals surface area contributed by atoms with Gasteiger partial charge in [-0.1, -0.05) is 18.2 Å². The Labute approximate surface area is 112 Å². The average Bonchev–Trinajstić information content (AvgIpc) is 2.56. The maximum atomic E-state index is 11.8. The van der Waals surface area contributed by atoms with Crippen LogP contribution in [-0.4, -0.2) is 36.8 Å². The SMILES string of the molecule is C=C1C(Cl)=C(NC2CCCCNC2=O)C=NN1C. The minimum Gasteiger partial charge on any atom is -0.371 e. The molecule has 1 unspecified atom stereocenters. The van der Waals surface area contributed by atoms with Gasteiger partial charge < -0.3 is 10.6 Å². The van der Waals surface area contributed by atoms with E-state index in [1.807, 2.05) is 0 Å². The number of allylic oxidation sites excluding steroid dienone is 2. The van der Waals surface area contributed by atoms with E-state index in [2.05, 4.69) is 22.3 Å². The van der Waals surface area contributed by atoms with Gasteiger partial charge in [-0.2, -0.15) is 5.10 Å². The van der Waals surface area contributed by atoms with Crippen molar-refractivity contribution in [3.05, 3.63) is 23.0 Å². The Morgan fingerprint density at radius 2 is 2.39 bits per heavy atom. The molecule has 2 rings (SSSR count). The van der Waals surface area contributed by atoms with Gasteiger partial charge in [-0.15, -0.1) is 0 Å². The van der Waals surface area contributed by atoms with Crippen LogP contribution < -0.4 is 10.6 Å². The highest BCUT2D eigenvalue weighted by atomic mass is 35.5. The van der Waals surface area contributed by atoms with Crippen LogP contribution in [0.3, 0.4) is 0 Å². The summed E-state index contributed by atoms with van der Waals surface area (Å²) in [4.78, 5) is 11.8. The highest BCUT2D eigenvalue weighted by Crippen LogP contribution is 2.23. The molecule has 1 fully saturated rings. The number of nitrogens with zero attached hydrogens (tertiary/aromatic N) is 2. The first-order valence-corrected chi connectivity index (χ1v) is 6.38. The van der Waals surface area contributed by atoms with Crippen molar-refractivity contribution in [1.29, 1.82) is 0 Å². The van der Waals surface area contributed by atoms with Crippen LogP contribution >= 0.6 is 11.6 Å². The van der Waals surface area contributed by atoms with Gasteiger partial charge >= 0.3 is 0 Å². The first-order valence-electron chi connectivity index (χ1n) is 6.00. The molecule has 0 aliphatic carbocycles. The smallest absolute Gasteiger partial charge is 0.242 e. The number of hydrogen-bond acceptors (Lipinski definition) is 4. The molecule has 0 aromatic carbocycles. The highest BCUT2D eigenvalue weighted by Gasteiger charge is 2.23. The number of amides is 1. The van der Waals surface area contributed by atoms with Gasteiger partial charge in [0.05, 0.1) is 22.6 Å². The van der Waals surface area contributed by atoms with Crippen LogP contribution in [0.15, 0.2) is 28.1 Å². The molecule has 6 heteroatoms. The molecule has 98 valence electrons. The minimum absolute atomic E-state index is 0.0161. The van der Waals surface area contributed by atoms with Crippen LogP contribution in [0.2, 0.25) is 0 Å². The van der Waals surface area contributed by atoms with Gasteiger partial charge in [-0.3, -0.25) is 9.80 Å². The molecule has 0 saturated carbocycles. The predicted octanol–water partition coefficient (Wildman–Crippen LogP) is 1.14. The maximum Gasteiger partial charge on any atom is 0.242 e. The molecule has 5 nitrogen and oxygen atoms in total. The number of hydrogen-bond donors (Lipinski definition) is 2. The summed E-state index contributed by atoms with van der Waals surface area (Å²) in [7, 11) is 1.77. The highest BCUT2D eigenvalue weighted by molar-refractivity contribution is 6.33. The van der Waals surface area contributed by atoms with Gasteiger partial charge in [0.2, 0.25) is 5.91 Å². The van der Waals surface area contributed by atoms with Crippen LogP contribution in [0.4, 0.5) is 0 Å². The summed E-state index contributed by atoms with van der Waals surface area (Å²) in [5, 5.41) is 12.3. The Morgan fingerprint density at radius 1 is 1.61 bits per heavy atom. The van der Waals surface area contributed by atoms with Gasteiger partial charge in [0.25, 0.3) is 0 Å². The minimum atomic E-state index is -0.251. The fraction of sp³-hybridized carbons (Fsp3) is 0.500. The lowest BCUT2D eigenvalue weighted by atomic mass is 10.1. The molecule has 0 aromatic heterocycles. The third-order valence-electron chi connectivity index (χ3n) is 3.11. The number of carbonyl (C=O) groups excluding carboxylic acids is 1. The second kappa shape index (κ2) is 5.44. The van der Waals surface area contributed by atoms with Crippen molar-refractivity contribution in [2.75, 3.05) is 13.6 Å². The van der Waals surface area contributed by atoms with E-state index in [9.17, 15) is 4.79 Å². The number of rotatable bonds is 2. The number of halogens is 1. The fourth-order valence-electron chi connectivity index (χ4n) is 1.93. The standard InChI is InChI=1S/C12H17ClN4O/c1-8-11(13)10(7-15-17(8)2)16-9-5-3-4-6-14-12(9)18/h7,9,16H,1,3-6H2,2H3,(H,14,18). The Morgan fingerprint density at radius 3 is 3.17 bits per heavy atom. The molecule has 0 bridgehead atoms. The summed E-state index contributed by atoms with van der Waals surface area (Å²) in [6.07, 6.45) is 4.45. The summed E-state index contributed by atoms with van der Waals surface area (Å²) >= 11 is 6.19. The van der Waals surface area contributed by atoms with Gasteiger partial charge in [-0.25, -0.2) is 0 Å². The molecule has 1 saturated heterocycles. The molecule has 18 heavy (non-hydrogen) atoms. The van der Waals surface area contributed by atoms with Crippen LogP contribution in [0.5, 0.6) is 0 Å². The summed E-state index contributed by atoms with van der Waals surface area (Å²) < 4.78 is 0. The zero-order chi connectivity index (χ0) is 13.1. The third kappa shape index (κ3) is 2.67. The Bertz CT molecular complexity index is 430. The molecule has 0 aromatic rings.